The number of rotatable bonds is 6. The number of hydrogen-bond donors (Lipinski definition) is 0. The number of nitrogens with zero attached hydrogens (tertiary/aromatic N) is 1. The molecule has 0 N–H and O–H groups in total. The highest BCUT2D eigenvalue weighted by molar-refractivity contribution is 7.26. The van der Waals surface area contributed by atoms with Crippen LogP contribution in [0.3, 0.4) is 0 Å². The van der Waals surface area contributed by atoms with Gasteiger partial charge in [0.15, 0.2) is 0 Å². The lowest BCUT2D eigenvalue weighted by Gasteiger charge is -2.27. The van der Waals surface area contributed by atoms with Crippen LogP contribution < -0.4 is 4.90 Å². The van der Waals surface area contributed by atoms with Crippen molar-refractivity contribution in [1.82, 2.24) is 0 Å². The molecule has 2 aromatic heterocycles. The van der Waals surface area contributed by atoms with Crippen LogP contribution >= 0.6 is 22.7 Å². The third-order valence-electron chi connectivity index (χ3n) is 9.73. The summed E-state index contributed by atoms with van der Waals surface area (Å²) >= 11 is 3.70. The van der Waals surface area contributed by atoms with Crippen molar-refractivity contribution < 1.29 is 0 Å². The molecule has 0 bridgehead atoms. The fraction of sp³-hybridized carbons (Fsp3) is 0. The second kappa shape index (κ2) is 12.3. The van der Waals surface area contributed by atoms with Gasteiger partial charge in [-0.2, -0.15) is 0 Å². The first-order valence-electron chi connectivity index (χ1n) is 17.1. The van der Waals surface area contributed by atoms with Crippen LogP contribution in [0.5, 0.6) is 0 Å². The summed E-state index contributed by atoms with van der Waals surface area (Å²) in [5.74, 6) is 0. The summed E-state index contributed by atoms with van der Waals surface area (Å²) in [6.07, 6.45) is 0. The van der Waals surface area contributed by atoms with E-state index in [9.17, 15) is 0 Å². The van der Waals surface area contributed by atoms with Crippen LogP contribution in [0.2, 0.25) is 0 Å². The van der Waals surface area contributed by atoms with Gasteiger partial charge in [0.2, 0.25) is 0 Å². The molecule has 10 rings (SSSR count). The average molecular weight is 684 g/mol. The van der Waals surface area contributed by atoms with E-state index >= 15 is 0 Å². The van der Waals surface area contributed by atoms with Crippen molar-refractivity contribution in [2.24, 2.45) is 0 Å². The van der Waals surface area contributed by atoms with E-state index in [1.807, 2.05) is 28.7 Å². The van der Waals surface area contributed by atoms with Crippen molar-refractivity contribution in [3.8, 4) is 33.4 Å². The fourth-order valence-corrected chi connectivity index (χ4v) is 9.76. The monoisotopic (exact) mass is 683 g/mol. The molecule has 51 heavy (non-hydrogen) atoms. The lowest BCUT2D eigenvalue weighted by molar-refractivity contribution is 1.28. The third kappa shape index (κ3) is 5.16. The van der Waals surface area contributed by atoms with Crippen LogP contribution in [0.15, 0.2) is 176 Å². The Kier molecular flexibility index (Phi) is 7.17. The average Bonchev–Trinajstić information content (AvgIpc) is 3.78. The van der Waals surface area contributed by atoms with Gasteiger partial charge in [0, 0.05) is 52.0 Å². The van der Waals surface area contributed by atoms with Crippen molar-refractivity contribution in [2.75, 3.05) is 4.90 Å². The summed E-state index contributed by atoms with van der Waals surface area (Å²) in [6, 6.07) is 70.2. The van der Waals surface area contributed by atoms with E-state index < -0.39 is 0 Å². The molecule has 10 aromatic rings. The summed E-state index contributed by atoms with van der Waals surface area (Å²) < 4.78 is 5.15. The molecule has 0 aliphatic rings. The number of fused-ring (bicyclic) bond motifs is 6. The summed E-state index contributed by atoms with van der Waals surface area (Å²) in [5, 5.41) is 5.00. The third-order valence-corrected chi connectivity index (χ3v) is 12.1. The SMILES string of the molecule is c1ccc2sc3c(-c4cccc(N(c5ccc(-c6ccccc6)cc5)c5cccc(-c6cccc7c6sc6ccccc67)c5)c4)cccc3c2c#1. The van der Waals surface area contributed by atoms with Crippen LogP contribution in [-0.4, -0.2) is 0 Å². The highest BCUT2D eigenvalue weighted by Crippen LogP contribution is 2.44. The Labute approximate surface area is 304 Å². The zero-order valence-corrected chi connectivity index (χ0v) is 29.1. The fourth-order valence-electron chi connectivity index (χ4n) is 7.32. The van der Waals surface area contributed by atoms with Crippen LogP contribution in [-0.2, 0) is 0 Å². The van der Waals surface area contributed by atoms with E-state index in [4.69, 9.17) is 0 Å². The molecule has 8 aromatic carbocycles. The Balaban J connectivity index is 1.13. The van der Waals surface area contributed by atoms with Crippen molar-refractivity contribution in [1.29, 1.82) is 0 Å². The second-order valence-electron chi connectivity index (χ2n) is 12.8. The Morgan fingerprint density at radius 3 is 1.71 bits per heavy atom. The standard InChI is InChI=1S/C48H29NS2/c1-2-12-32(13-3-1)33-26-28-36(29-27-33)49(37-16-8-14-34(30-37)39-20-10-22-43-41-18-4-6-24-45(41)50-47(39)43)38-17-9-15-35(31-38)40-21-11-23-44-42-19-5-7-25-46(42)51-48(40)44/h1-4,6-18,20-31H. The molecule has 0 aliphatic heterocycles. The van der Waals surface area contributed by atoms with E-state index in [1.54, 1.807) is 0 Å². The predicted molar refractivity (Wildman–Crippen MR) is 221 cm³/mol. The summed E-state index contributed by atoms with van der Waals surface area (Å²) in [7, 11) is 0. The number of hydrogen-bond acceptors (Lipinski definition) is 3. The maximum absolute atomic E-state index is 3.36. The van der Waals surface area contributed by atoms with Crippen LogP contribution in [0.25, 0.3) is 73.7 Å². The smallest absolute Gasteiger partial charge is 0.0508 e. The van der Waals surface area contributed by atoms with E-state index in [-0.39, 0.29) is 0 Å². The Morgan fingerprint density at radius 1 is 0.392 bits per heavy atom. The minimum absolute atomic E-state index is 1.11. The summed E-state index contributed by atoms with van der Waals surface area (Å²) in [6.45, 7) is 0. The van der Waals surface area contributed by atoms with Gasteiger partial charge in [-0.3, -0.25) is 0 Å². The highest BCUT2D eigenvalue weighted by Gasteiger charge is 2.18. The second-order valence-corrected chi connectivity index (χ2v) is 14.9. The minimum atomic E-state index is 1.11. The van der Waals surface area contributed by atoms with Crippen molar-refractivity contribution in [3.63, 3.8) is 0 Å². The molecule has 0 fully saturated rings. The van der Waals surface area contributed by atoms with Crippen molar-refractivity contribution in [3.05, 3.63) is 188 Å². The first-order valence-corrected chi connectivity index (χ1v) is 18.7. The molecular weight excluding hydrogens is 655 g/mol. The van der Waals surface area contributed by atoms with E-state index in [1.165, 1.54) is 68.3 Å². The van der Waals surface area contributed by atoms with E-state index in [0.29, 0.717) is 0 Å². The van der Waals surface area contributed by atoms with E-state index in [0.717, 1.165) is 22.4 Å². The molecule has 0 amide bonds. The van der Waals surface area contributed by atoms with Gasteiger partial charge in [-0.05, 0) is 88.0 Å². The predicted octanol–water partition coefficient (Wildman–Crippen LogP) is 14.5. The zero-order valence-electron chi connectivity index (χ0n) is 27.5. The molecule has 0 atom stereocenters. The maximum Gasteiger partial charge on any atom is 0.0508 e. The van der Waals surface area contributed by atoms with Crippen LogP contribution in [0, 0.1) is 12.1 Å². The lowest BCUT2D eigenvalue weighted by Crippen LogP contribution is -2.10. The quantitative estimate of drug-likeness (QED) is 0.169. The number of anilines is 3. The molecule has 238 valence electrons. The normalized spacial score (nSPS) is 11.4. The molecule has 0 saturated heterocycles. The molecule has 0 unspecified atom stereocenters. The van der Waals surface area contributed by atoms with Gasteiger partial charge < -0.3 is 4.90 Å². The molecule has 0 radical (unpaired) electrons. The summed E-state index contributed by atoms with van der Waals surface area (Å²) in [5.41, 5.74) is 10.6. The van der Waals surface area contributed by atoms with Gasteiger partial charge in [0.25, 0.3) is 0 Å². The number of benzene rings is 7. The molecular formula is C48H29NS2. The first-order chi connectivity index (χ1) is 25.3. The Morgan fingerprint density at radius 2 is 0.961 bits per heavy atom. The topological polar surface area (TPSA) is 3.24 Å². The lowest BCUT2D eigenvalue weighted by atomic mass is 10.00. The van der Waals surface area contributed by atoms with Crippen molar-refractivity contribution in [2.45, 2.75) is 0 Å². The Hall–Kier alpha value is -6.18. The molecule has 1 nitrogen and oxygen atoms in total. The number of thiophene rings is 2. The largest absolute Gasteiger partial charge is 0.310 e. The van der Waals surface area contributed by atoms with Crippen LogP contribution in [0.1, 0.15) is 0 Å². The van der Waals surface area contributed by atoms with Gasteiger partial charge in [-0.1, -0.05) is 133 Å². The molecule has 0 spiro atoms. The van der Waals surface area contributed by atoms with Crippen LogP contribution in [0.4, 0.5) is 17.1 Å². The van der Waals surface area contributed by atoms with Gasteiger partial charge in [0.05, 0.1) is 5.39 Å². The molecule has 0 aliphatic carbocycles. The maximum atomic E-state index is 3.36. The Bertz CT molecular complexity index is 2700. The summed E-state index contributed by atoms with van der Waals surface area (Å²) in [4.78, 5) is 2.39. The van der Waals surface area contributed by atoms with E-state index in [2.05, 4.69) is 187 Å². The zero-order chi connectivity index (χ0) is 33.7. The minimum Gasteiger partial charge on any atom is -0.310 e. The van der Waals surface area contributed by atoms with Crippen molar-refractivity contribution >= 4 is 80.1 Å². The molecule has 3 heteroatoms. The highest BCUT2D eigenvalue weighted by atomic mass is 32.1. The molecule has 0 saturated carbocycles. The van der Waals surface area contributed by atoms with Gasteiger partial charge in [-0.25, -0.2) is 0 Å². The van der Waals surface area contributed by atoms with Gasteiger partial charge in [-0.15, -0.1) is 22.7 Å². The van der Waals surface area contributed by atoms with Gasteiger partial charge in [0.1, 0.15) is 0 Å². The molecule has 2 heterocycles. The van der Waals surface area contributed by atoms with Gasteiger partial charge >= 0.3 is 0 Å². The first kappa shape index (κ1) is 29.7.